The second-order valence-corrected chi connectivity index (χ2v) is 6.99. The van der Waals surface area contributed by atoms with E-state index >= 15 is 0 Å². The van der Waals surface area contributed by atoms with Crippen molar-refractivity contribution in [1.82, 2.24) is 25.3 Å². The smallest absolute Gasteiger partial charge is 0.151 e. The minimum Gasteiger partial charge on any atom is -0.355 e. The van der Waals surface area contributed by atoms with Crippen LogP contribution in [0.2, 0.25) is 0 Å². The van der Waals surface area contributed by atoms with Crippen molar-refractivity contribution < 1.29 is 0 Å². The number of aromatic amines is 1. The van der Waals surface area contributed by atoms with Crippen LogP contribution in [-0.4, -0.2) is 51.5 Å². The molecular formula is C17H24N6. The molecule has 23 heavy (non-hydrogen) atoms. The van der Waals surface area contributed by atoms with Crippen LogP contribution in [0.4, 0.5) is 5.82 Å². The van der Waals surface area contributed by atoms with Gasteiger partial charge in [0.1, 0.15) is 0 Å². The predicted molar refractivity (Wildman–Crippen MR) is 89.0 cm³/mol. The molecule has 2 fully saturated rings. The quantitative estimate of drug-likeness (QED) is 0.933. The van der Waals surface area contributed by atoms with Gasteiger partial charge in [0.15, 0.2) is 5.82 Å². The van der Waals surface area contributed by atoms with Gasteiger partial charge in [0.25, 0.3) is 0 Å². The Hall–Kier alpha value is -1.95. The predicted octanol–water partition coefficient (Wildman–Crippen LogP) is 1.85. The minimum atomic E-state index is 0.573. The molecule has 6 nitrogen and oxygen atoms in total. The first kappa shape index (κ1) is 14.6. The molecule has 2 aromatic heterocycles. The van der Waals surface area contributed by atoms with Crippen LogP contribution in [0.1, 0.15) is 24.2 Å². The fraction of sp³-hybridized carbons (Fsp3) is 0.588. The van der Waals surface area contributed by atoms with Crippen LogP contribution >= 0.6 is 0 Å². The largest absolute Gasteiger partial charge is 0.355 e. The number of anilines is 1. The Morgan fingerprint density at radius 1 is 1.22 bits per heavy atom. The van der Waals surface area contributed by atoms with Crippen molar-refractivity contribution in [2.45, 2.75) is 32.4 Å². The number of hydrogen-bond acceptors (Lipinski definition) is 5. The standard InChI is InChI=1S/C17H24N6/c1-12-3-6-17(21-19-12)22(2)16-5-4-13-9-23(11-15(13)16)10-14-7-8-18-20-14/h3,6-8,13,15-16H,4-5,9-11H2,1-2H3,(H,18,20)/t13-,15+,16-/m1/s1. The Morgan fingerprint density at radius 2 is 2.13 bits per heavy atom. The summed E-state index contributed by atoms with van der Waals surface area (Å²) in [7, 11) is 2.17. The molecule has 0 bridgehead atoms. The number of hydrogen-bond donors (Lipinski definition) is 1. The van der Waals surface area contributed by atoms with E-state index in [4.69, 9.17) is 0 Å². The molecule has 0 radical (unpaired) electrons. The summed E-state index contributed by atoms with van der Waals surface area (Å²) in [5.74, 6) is 2.53. The van der Waals surface area contributed by atoms with Gasteiger partial charge in [-0.15, -0.1) is 5.10 Å². The highest BCUT2D eigenvalue weighted by molar-refractivity contribution is 5.38. The molecule has 4 rings (SSSR count). The van der Waals surface area contributed by atoms with E-state index in [1.807, 2.05) is 19.2 Å². The van der Waals surface area contributed by atoms with E-state index in [0.29, 0.717) is 6.04 Å². The summed E-state index contributed by atoms with van der Waals surface area (Å²) in [6.45, 7) is 5.33. The number of H-pyrrole nitrogens is 1. The zero-order chi connectivity index (χ0) is 15.8. The summed E-state index contributed by atoms with van der Waals surface area (Å²) in [4.78, 5) is 4.90. The van der Waals surface area contributed by atoms with Gasteiger partial charge in [0, 0.05) is 44.6 Å². The average molecular weight is 312 g/mol. The summed E-state index contributed by atoms with van der Waals surface area (Å²) >= 11 is 0. The summed E-state index contributed by atoms with van der Waals surface area (Å²) in [6.07, 6.45) is 4.41. The molecule has 0 aromatic carbocycles. The number of nitrogens with one attached hydrogen (secondary N) is 1. The molecule has 3 heterocycles. The van der Waals surface area contributed by atoms with Gasteiger partial charge in [-0.1, -0.05) is 0 Å². The fourth-order valence-electron chi connectivity index (χ4n) is 4.30. The maximum Gasteiger partial charge on any atom is 0.151 e. The first-order valence-corrected chi connectivity index (χ1v) is 8.44. The number of aryl methyl sites for hydroxylation is 1. The molecule has 6 heteroatoms. The van der Waals surface area contributed by atoms with Crippen LogP contribution in [-0.2, 0) is 6.54 Å². The SMILES string of the molecule is Cc1ccc(N(C)[C@@H]2CC[C@@H]3CN(Cc4ccn[nH]4)C[C@@H]32)nn1. The molecule has 1 saturated heterocycles. The highest BCUT2D eigenvalue weighted by Crippen LogP contribution is 2.41. The molecule has 1 saturated carbocycles. The van der Waals surface area contributed by atoms with E-state index in [2.05, 4.69) is 49.4 Å². The third-order valence-electron chi connectivity index (χ3n) is 5.49. The lowest BCUT2D eigenvalue weighted by Crippen LogP contribution is -2.38. The van der Waals surface area contributed by atoms with E-state index in [9.17, 15) is 0 Å². The Bertz CT molecular complexity index is 638. The van der Waals surface area contributed by atoms with Crippen molar-refractivity contribution in [3.05, 3.63) is 35.8 Å². The minimum absolute atomic E-state index is 0.573. The Balaban J connectivity index is 1.44. The zero-order valence-corrected chi connectivity index (χ0v) is 13.8. The van der Waals surface area contributed by atoms with Crippen LogP contribution in [0.25, 0.3) is 0 Å². The average Bonchev–Trinajstić information content (AvgIpc) is 3.25. The summed E-state index contributed by atoms with van der Waals surface area (Å²) in [5.41, 5.74) is 2.18. The van der Waals surface area contributed by atoms with Gasteiger partial charge in [-0.3, -0.25) is 10.00 Å². The highest BCUT2D eigenvalue weighted by atomic mass is 15.3. The lowest BCUT2D eigenvalue weighted by molar-refractivity contribution is 0.293. The van der Waals surface area contributed by atoms with Crippen molar-refractivity contribution >= 4 is 5.82 Å². The molecule has 1 aliphatic carbocycles. The lowest BCUT2D eigenvalue weighted by Gasteiger charge is -2.30. The van der Waals surface area contributed by atoms with Crippen LogP contribution in [0.3, 0.4) is 0 Å². The third kappa shape index (κ3) is 2.83. The molecule has 0 spiro atoms. The van der Waals surface area contributed by atoms with E-state index in [1.165, 1.54) is 25.1 Å². The first-order chi connectivity index (χ1) is 11.2. The molecule has 3 atom stereocenters. The van der Waals surface area contributed by atoms with E-state index < -0.39 is 0 Å². The summed E-state index contributed by atoms with van der Waals surface area (Å²) < 4.78 is 0. The lowest BCUT2D eigenvalue weighted by atomic mass is 9.97. The van der Waals surface area contributed by atoms with E-state index in [1.54, 1.807) is 0 Å². The number of aromatic nitrogens is 4. The van der Waals surface area contributed by atoms with Gasteiger partial charge in [-0.05, 0) is 49.8 Å². The van der Waals surface area contributed by atoms with Crippen LogP contribution in [0.15, 0.2) is 24.4 Å². The normalized spacial score (nSPS) is 27.3. The molecule has 0 unspecified atom stereocenters. The number of nitrogens with zero attached hydrogens (tertiary/aromatic N) is 5. The second-order valence-electron chi connectivity index (χ2n) is 6.99. The Kier molecular flexibility index (Phi) is 3.77. The van der Waals surface area contributed by atoms with Crippen LogP contribution in [0.5, 0.6) is 0 Å². The molecule has 1 N–H and O–H groups in total. The van der Waals surface area contributed by atoms with E-state index in [0.717, 1.165) is 36.4 Å². The van der Waals surface area contributed by atoms with Crippen LogP contribution in [0, 0.1) is 18.8 Å². The topological polar surface area (TPSA) is 60.9 Å². The van der Waals surface area contributed by atoms with Gasteiger partial charge in [0.05, 0.1) is 5.69 Å². The summed E-state index contributed by atoms with van der Waals surface area (Å²) in [5, 5.41) is 15.7. The maximum atomic E-state index is 4.37. The molecule has 0 amide bonds. The summed E-state index contributed by atoms with van der Waals surface area (Å²) in [6, 6.07) is 6.78. The van der Waals surface area contributed by atoms with Crippen LogP contribution < -0.4 is 4.90 Å². The molecule has 2 aromatic rings. The van der Waals surface area contributed by atoms with Crippen molar-refractivity contribution in [3.8, 4) is 0 Å². The second kappa shape index (κ2) is 5.92. The Morgan fingerprint density at radius 3 is 2.87 bits per heavy atom. The number of fused-ring (bicyclic) bond motifs is 1. The number of likely N-dealkylation sites (tertiary alicyclic amines) is 1. The highest BCUT2D eigenvalue weighted by Gasteiger charge is 2.44. The number of rotatable bonds is 4. The molecule has 122 valence electrons. The van der Waals surface area contributed by atoms with Gasteiger partial charge in [-0.2, -0.15) is 10.2 Å². The first-order valence-electron chi connectivity index (χ1n) is 8.44. The maximum absolute atomic E-state index is 4.37. The fourth-order valence-corrected chi connectivity index (χ4v) is 4.30. The van der Waals surface area contributed by atoms with Crippen molar-refractivity contribution in [2.75, 3.05) is 25.0 Å². The van der Waals surface area contributed by atoms with Gasteiger partial charge < -0.3 is 4.90 Å². The molecule has 2 aliphatic rings. The van der Waals surface area contributed by atoms with Gasteiger partial charge >= 0.3 is 0 Å². The van der Waals surface area contributed by atoms with Gasteiger partial charge in [0.2, 0.25) is 0 Å². The zero-order valence-electron chi connectivity index (χ0n) is 13.8. The van der Waals surface area contributed by atoms with Gasteiger partial charge in [-0.25, -0.2) is 0 Å². The van der Waals surface area contributed by atoms with Crippen molar-refractivity contribution in [3.63, 3.8) is 0 Å². The van der Waals surface area contributed by atoms with Crippen molar-refractivity contribution in [2.24, 2.45) is 11.8 Å². The third-order valence-corrected chi connectivity index (χ3v) is 5.49. The van der Waals surface area contributed by atoms with E-state index in [-0.39, 0.29) is 0 Å². The van der Waals surface area contributed by atoms with Crippen molar-refractivity contribution in [1.29, 1.82) is 0 Å². The monoisotopic (exact) mass is 312 g/mol. The molecule has 1 aliphatic heterocycles. The molecular weight excluding hydrogens is 288 g/mol. The Labute approximate surface area is 136 Å².